The maximum absolute atomic E-state index is 13.5. The van der Waals surface area contributed by atoms with Crippen LogP contribution in [0.2, 0.25) is 0 Å². The van der Waals surface area contributed by atoms with E-state index in [9.17, 15) is 17.6 Å². The van der Waals surface area contributed by atoms with Crippen molar-refractivity contribution in [1.29, 1.82) is 0 Å². The summed E-state index contributed by atoms with van der Waals surface area (Å²) in [5.74, 6) is -0.284. The third-order valence-electron chi connectivity index (χ3n) is 6.56. The van der Waals surface area contributed by atoms with Crippen molar-refractivity contribution in [3.8, 4) is 10.8 Å². The molecule has 6 rings (SSSR count). The highest BCUT2D eigenvalue weighted by Gasteiger charge is 2.34. The maximum atomic E-state index is 13.5. The largest absolute Gasteiger partial charge is 0.418 e. The number of thiophene rings is 1. The number of carbonyl (C=O) groups is 1. The van der Waals surface area contributed by atoms with Gasteiger partial charge < -0.3 is 14.2 Å². The first-order valence-electron chi connectivity index (χ1n) is 12.0. The zero-order valence-electron chi connectivity index (χ0n) is 20.1. The number of halogens is 1. The fourth-order valence-corrected chi connectivity index (χ4v) is 6.57. The molecule has 1 fully saturated rings. The molecule has 0 saturated carbocycles. The molecule has 0 N–H and O–H groups in total. The SMILES string of the molecule is O=C(c1cccc2ccccc12)N1CCN(c2oc(-c3cccs3)nc2S(=O)(=O)c2ccc(F)cc2)CC1. The Morgan fingerprint density at radius 1 is 0.895 bits per heavy atom. The average Bonchev–Trinajstić information content (AvgIpc) is 3.64. The molecule has 10 heteroatoms. The lowest BCUT2D eigenvalue weighted by molar-refractivity contribution is 0.0747. The number of hydrogen-bond acceptors (Lipinski definition) is 7. The third kappa shape index (κ3) is 4.35. The molecular formula is C28H22FN3O4S2. The van der Waals surface area contributed by atoms with Gasteiger partial charge in [0.2, 0.25) is 26.6 Å². The number of sulfone groups is 1. The summed E-state index contributed by atoms with van der Waals surface area (Å²) in [6, 6.07) is 21.7. The molecule has 1 saturated heterocycles. The molecule has 3 heterocycles. The molecular weight excluding hydrogens is 525 g/mol. The van der Waals surface area contributed by atoms with E-state index in [0.29, 0.717) is 36.6 Å². The number of hydrogen-bond donors (Lipinski definition) is 0. The molecule has 5 aromatic rings. The number of carbonyl (C=O) groups excluding carboxylic acids is 1. The highest BCUT2D eigenvalue weighted by molar-refractivity contribution is 7.91. The molecule has 1 amide bonds. The van der Waals surface area contributed by atoms with E-state index in [1.807, 2.05) is 53.9 Å². The second-order valence-corrected chi connectivity index (χ2v) is 11.7. The number of nitrogens with zero attached hydrogens (tertiary/aromatic N) is 3. The highest BCUT2D eigenvalue weighted by atomic mass is 32.2. The second-order valence-electron chi connectivity index (χ2n) is 8.87. The summed E-state index contributed by atoms with van der Waals surface area (Å²) in [5.41, 5.74) is 0.635. The van der Waals surface area contributed by atoms with Gasteiger partial charge >= 0.3 is 0 Å². The molecule has 0 aliphatic carbocycles. The Hall–Kier alpha value is -4.02. The Kier molecular flexibility index (Phi) is 6.21. The molecule has 7 nitrogen and oxygen atoms in total. The van der Waals surface area contributed by atoms with Crippen molar-refractivity contribution < 1.29 is 22.0 Å². The van der Waals surface area contributed by atoms with Gasteiger partial charge in [-0.15, -0.1) is 11.3 Å². The summed E-state index contributed by atoms with van der Waals surface area (Å²) in [4.78, 5) is 22.0. The number of anilines is 1. The zero-order valence-corrected chi connectivity index (χ0v) is 21.7. The first kappa shape index (κ1) is 24.3. The number of oxazole rings is 1. The number of piperazine rings is 1. The molecule has 0 unspecified atom stereocenters. The Balaban J connectivity index is 1.30. The van der Waals surface area contributed by atoms with Gasteiger partial charge in [0.15, 0.2) is 0 Å². The maximum Gasteiger partial charge on any atom is 0.254 e. The Labute approximate surface area is 222 Å². The van der Waals surface area contributed by atoms with E-state index in [4.69, 9.17) is 4.42 Å². The minimum absolute atomic E-state index is 0.0718. The van der Waals surface area contributed by atoms with Gasteiger partial charge in [0.1, 0.15) is 5.82 Å². The van der Waals surface area contributed by atoms with Crippen LogP contribution in [0.3, 0.4) is 0 Å². The van der Waals surface area contributed by atoms with Crippen LogP contribution in [0, 0.1) is 5.82 Å². The van der Waals surface area contributed by atoms with Crippen molar-refractivity contribution in [3.05, 3.63) is 95.6 Å². The molecule has 0 spiro atoms. The summed E-state index contributed by atoms with van der Waals surface area (Å²) in [6.07, 6.45) is 0. The van der Waals surface area contributed by atoms with Gasteiger partial charge in [-0.05, 0) is 52.6 Å². The van der Waals surface area contributed by atoms with Crippen LogP contribution in [0.1, 0.15) is 10.4 Å². The lowest BCUT2D eigenvalue weighted by atomic mass is 10.0. The summed E-state index contributed by atoms with van der Waals surface area (Å²) in [5, 5.41) is 3.52. The fourth-order valence-electron chi connectivity index (χ4n) is 4.60. The number of rotatable bonds is 5. The van der Waals surface area contributed by atoms with Gasteiger partial charge in [0, 0.05) is 31.7 Å². The van der Waals surface area contributed by atoms with Crippen LogP contribution >= 0.6 is 11.3 Å². The molecule has 38 heavy (non-hydrogen) atoms. The van der Waals surface area contributed by atoms with Crippen LogP contribution in [0.5, 0.6) is 0 Å². The third-order valence-corrected chi connectivity index (χ3v) is 9.09. The molecule has 0 bridgehead atoms. The number of amides is 1. The van der Waals surface area contributed by atoms with Crippen LogP contribution in [0.15, 0.2) is 98.6 Å². The van der Waals surface area contributed by atoms with E-state index in [2.05, 4.69) is 4.98 Å². The van der Waals surface area contributed by atoms with E-state index in [0.717, 1.165) is 22.9 Å². The number of fused-ring (bicyclic) bond motifs is 1. The van der Waals surface area contributed by atoms with Crippen molar-refractivity contribution in [1.82, 2.24) is 9.88 Å². The zero-order chi connectivity index (χ0) is 26.3. The lowest BCUT2D eigenvalue weighted by Crippen LogP contribution is -2.49. The van der Waals surface area contributed by atoms with E-state index >= 15 is 0 Å². The van der Waals surface area contributed by atoms with Gasteiger partial charge in [-0.25, -0.2) is 12.8 Å². The number of aromatic nitrogens is 1. The van der Waals surface area contributed by atoms with Gasteiger partial charge in [0.25, 0.3) is 5.91 Å². The van der Waals surface area contributed by atoms with E-state index in [1.54, 1.807) is 15.9 Å². The second kappa shape index (κ2) is 9.70. The van der Waals surface area contributed by atoms with Crippen molar-refractivity contribution in [2.24, 2.45) is 0 Å². The van der Waals surface area contributed by atoms with Crippen LogP contribution in [-0.2, 0) is 9.84 Å². The van der Waals surface area contributed by atoms with Crippen molar-refractivity contribution >= 4 is 43.7 Å². The molecule has 1 aliphatic heterocycles. The first-order valence-corrected chi connectivity index (χ1v) is 14.4. The Bertz CT molecular complexity index is 1720. The fraction of sp³-hybridized carbons (Fsp3) is 0.143. The van der Waals surface area contributed by atoms with Crippen LogP contribution < -0.4 is 4.90 Å². The molecule has 1 aliphatic rings. The van der Waals surface area contributed by atoms with Gasteiger partial charge in [-0.1, -0.05) is 42.5 Å². The van der Waals surface area contributed by atoms with Gasteiger partial charge in [0.05, 0.1) is 9.77 Å². The summed E-state index contributed by atoms with van der Waals surface area (Å²) in [6.45, 7) is 1.49. The van der Waals surface area contributed by atoms with Crippen LogP contribution in [0.4, 0.5) is 10.3 Å². The first-order chi connectivity index (χ1) is 18.4. The lowest BCUT2D eigenvalue weighted by Gasteiger charge is -2.35. The molecule has 3 aromatic carbocycles. The minimum Gasteiger partial charge on any atom is -0.418 e. The minimum atomic E-state index is -4.09. The monoisotopic (exact) mass is 547 g/mol. The molecule has 2 aromatic heterocycles. The Morgan fingerprint density at radius 3 is 2.37 bits per heavy atom. The molecule has 192 valence electrons. The van der Waals surface area contributed by atoms with Crippen LogP contribution in [0.25, 0.3) is 21.5 Å². The number of benzene rings is 3. The predicted octanol–water partition coefficient (Wildman–Crippen LogP) is 5.49. The molecule has 0 atom stereocenters. The van der Waals surface area contributed by atoms with Gasteiger partial charge in [-0.3, -0.25) is 4.79 Å². The van der Waals surface area contributed by atoms with Crippen LogP contribution in [-0.4, -0.2) is 50.4 Å². The van der Waals surface area contributed by atoms with E-state index < -0.39 is 15.7 Å². The van der Waals surface area contributed by atoms with Crippen molar-refractivity contribution in [3.63, 3.8) is 0 Å². The smallest absolute Gasteiger partial charge is 0.254 e. The Morgan fingerprint density at radius 2 is 1.63 bits per heavy atom. The quantitative estimate of drug-likeness (QED) is 0.271. The van der Waals surface area contributed by atoms with Crippen molar-refractivity contribution in [2.45, 2.75) is 9.92 Å². The van der Waals surface area contributed by atoms with E-state index in [-0.39, 0.29) is 27.6 Å². The van der Waals surface area contributed by atoms with E-state index in [1.165, 1.54) is 23.5 Å². The highest BCUT2D eigenvalue weighted by Crippen LogP contribution is 2.36. The summed E-state index contributed by atoms with van der Waals surface area (Å²) in [7, 11) is -4.09. The van der Waals surface area contributed by atoms with Crippen molar-refractivity contribution in [2.75, 3.05) is 31.1 Å². The standard InChI is InChI=1S/C28H22FN3O4S2/c29-20-10-12-21(13-11-20)38(34,35)26-28(36-25(30-26)24-9-4-18-37-24)32-16-14-31(15-17-32)27(33)23-8-3-6-19-5-1-2-7-22(19)23/h1-13,18H,14-17H2. The summed E-state index contributed by atoms with van der Waals surface area (Å²) < 4.78 is 46.6. The van der Waals surface area contributed by atoms with Gasteiger partial charge in [-0.2, -0.15) is 4.98 Å². The topological polar surface area (TPSA) is 83.7 Å². The normalized spacial score (nSPS) is 14.2. The summed E-state index contributed by atoms with van der Waals surface area (Å²) >= 11 is 1.38. The average molecular weight is 548 g/mol. The predicted molar refractivity (Wildman–Crippen MR) is 144 cm³/mol. The molecule has 0 radical (unpaired) electrons.